The van der Waals surface area contributed by atoms with Gasteiger partial charge in [0.2, 0.25) is 0 Å². The number of urea groups is 1. The number of nitrogens with zero attached hydrogens (tertiary/aromatic N) is 1. The number of carbonyl (C=O) groups excluding carboxylic acids is 1. The van der Waals surface area contributed by atoms with Crippen molar-refractivity contribution in [3.05, 3.63) is 29.8 Å². The lowest BCUT2D eigenvalue weighted by Crippen LogP contribution is -2.48. The highest BCUT2D eigenvalue weighted by molar-refractivity contribution is 7.90. The zero-order chi connectivity index (χ0) is 16.6. The fourth-order valence-electron chi connectivity index (χ4n) is 3.39. The largest absolute Gasteiger partial charge is 0.393 e. The Morgan fingerprint density at radius 3 is 2.57 bits per heavy atom. The van der Waals surface area contributed by atoms with E-state index < -0.39 is 16.1 Å². The lowest BCUT2D eigenvalue weighted by atomic mass is 10.00. The van der Waals surface area contributed by atoms with Crippen LogP contribution < -0.4 is 10.1 Å². The first kappa shape index (κ1) is 16.2. The molecule has 1 aromatic rings. The molecule has 0 bridgehead atoms. The predicted molar refractivity (Wildman–Crippen MR) is 83.8 cm³/mol. The second-order valence-corrected chi connectivity index (χ2v) is 8.02. The minimum atomic E-state index is -3.89. The predicted octanol–water partition coefficient (Wildman–Crippen LogP) is 0.601. The van der Waals surface area contributed by atoms with Crippen molar-refractivity contribution >= 4 is 16.1 Å². The maximum atomic E-state index is 12.1. The number of hydrogen-bond acceptors (Lipinski definition) is 5. The van der Waals surface area contributed by atoms with Gasteiger partial charge in [0.15, 0.2) is 0 Å². The first-order chi connectivity index (χ1) is 10.8. The van der Waals surface area contributed by atoms with Gasteiger partial charge in [-0.1, -0.05) is 17.7 Å². The summed E-state index contributed by atoms with van der Waals surface area (Å²) in [5.41, 5.74) is 3.50. The van der Waals surface area contributed by atoms with E-state index in [0.29, 0.717) is 19.0 Å². The fraction of sp³-hybridized carbons (Fsp3) is 0.533. The quantitative estimate of drug-likeness (QED) is 0.749. The zero-order valence-electron chi connectivity index (χ0n) is 12.9. The Morgan fingerprint density at radius 1 is 1.22 bits per heavy atom. The number of amides is 2. The van der Waals surface area contributed by atoms with Crippen molar-refractivity contribution in [1.82, 2.24) is 15.2 Å². The van der Waals surface area contributed by atoms with E-state index in [4.69, 9.17) is 0 Å². The van der Waals surface area contributed by atoms with Gasteiger partial charge in [-0.25, -0.2) is 22.9 Å². The Bertz CT molecular complexity index is 689. The minimum absolute atomic E-state index is 0.0481. The Kier molecular flexibility index (Phi) is 4.31. The van der Waals surface area contributed by atoms with E-state index in [9.17, 15) is 18.3 Å². The number of rotatable bonds is 3. The fourth-order valence-corrected chi connectivity index (χ4v) is 4.29. The third-order valence-corrected chi connectivity index (χ3v) is 5.98. The summed E-state index contributed by atoms with van der Waals surface area (Å²) in [4.78, 5) is 12.0. The van der Waals surface area contributed by atoms with Crippen LogP contribution in [0.1, 0.15) is 18.4 Å². The number of benzene rings is 1. The molecular formula is C15H21N3O4S. The van der Waals surface area contributed by atoms with Crippen LogP contribution >= 0.6 is 0 Å². The van der Waals surface area contributed by atoms with Crippen LogP contribution in [0.5, 0.6) is 0 Å². The summed E-state index contributed by atoms with van der Waals surface area (Å²) in [7, 11) is -3.89. The van der Waals surface area contributed by atoms with Crippen LogP contribution in [0.4, 0.5) is 4.79 Å². The maximum absolute atomic E-state index is 12.1. The molecule has 1 aromatic carbocycles. The van der Waals surface area contributed by atoms with E-state index in [2.05, 4.69) is 5.43 Å². The van der Waals surface area contributed by atoms with E-state index in [-0.39, 0.29) is 16.9 Å². The van der Waals surface area contributed by atoms with Crippen molar-refractivity contribution in [2.45, 2.75) is 30.8 Å². The number of aryl methyl sites for hydroxylation is 1. The van der Waals surface area contributed by atoms with Crippen LogP contribution in [0, 0.1) is 18.8 Å². The number of fused-ring (bicyclic) bond motifs is 1. The monoisotopic (exact) mass is 339 g/mol. The Balaban J connectivity index is 1.58. The molecule has 2 amide bonds. The molecule has 3 N–H and O–H groups in total. The van der Waals surface area contributed by atoms with Crippen molar-refractivity contribution in [3.63, 3.8) is 0 Å². The second-order valence-electron chi connectivity index (χ2n) is 6.33. The molecule has 7 nitrogen and oxygen atoms in total. The first-order valence-electron chi connectivity index (χ1n) is 7.68. The number of sulfonamides is 1. The molecule has 23 heavy (non-hydrogen) atoms. The summed E-state index contributed by atoms with van der Waals surface area (Å²) in [6, 6.07) is 5.49. The number of hydrazine groups is 1. The number of hydrogen-bond donors (Lipinski definition) is 3. The molecule has 0 unspecified atom stereocenters. The van der Waals surface area contributed by atoms with Crippen LogP contribution in [0.2, 0.25) is 0 Å². The summed E-state index contributed by atoms with van der Waals surface area (Å²) >= 11 is 0. The highest BCUT2D eigenvalue weighted by Crippen LogP contribution is 2.37. The summed E-state index contributed by atoms with van der Waals surface area (Å²) in [5, 5.41) is 11.5. The molecule has 3 atom stereocenters. The van der Waals surface area contributed by atoms with Crippen LogP contribution in [0.15, 0.2) is 29.2 Å². The maximum Gasteiger partial charge on any atom is 0.343 e. The third-order valence-electron chi connectivity index (χ3n) is 4.64. The topological polar surface area (TPSA) is 98.7 Å². The molecule has 0 radical (unpaired) electrons. The van der Waals surface area contributed by atoms with Crippen LogP contribution in [0.25, 0.3) is 0 Å². The van der Waals surface area contributed by atoms with Crippen molar-refractivity contribution in [3.8, 4) is 0 Å². The molecule has 1 saturated carbocycles. The van der Waals surface area contributed by atoms with Crippen LogP contribution in [-0.4, -0.2) is 43.8 Å². The standard InChI is InChI=1S/C15H21N3O4S/c1-10-2-5-12(6-3-10)23(21,22)17-15(20)16-18-8-11-4-7-14(19)13(11)9-18/h2-3,5-6,11,13-14,19H,4,7-9H2,1H3,(H2,16,17,20)/t11-,13+,14+/m0/s1. The second kappa shape index (κ2) is 6.10. The molecule has 0 spiro atoms. The summed E-state index contributed by atoms with van der Waals surface area (Å²) in [5.74, 6) is 0.517. The van der Waals surface area contributed by atoms with Gasteiger partial charge in [0, 0.05) is 19.0 Å². The minimum Gasteiger partial charge on any atom is -0.393 e. The van der Waals surface area contributed by atoms with Gasteiger partial charge in [0.05, 0.1) is 11.0 Å². The molecule has 126 valence electrons. The Morgan fingerprint density at radius 2 is 1.91 bits per heavy atom. The lowest BCUT2D eigenvalue weighted by Gasteiger charge is -2.19. The van der Waals surface area contributed by atoms with Crippen molar-refractivity contribution in [2.75, 3.05) is 13.1 Å². The van der Waals surface area contributed by atoms with E-state index in [0.717, 1.165) is 18.4 Å². The van der Waals surface area contributed by atoms with Gasteiger partial charge < -0.3 is 5.11 Å². The molecule has 0 aromatic heterocycles. The normalized spacial score (nSPS) is 27.7. The number of aliphatic hydroxyl groups excluding tert-OH is 1. The van der Waals surface area contributed by atoms with Gasteiger partial charge in [0.25, 0.3) is 10.0 Å². The molecular weight excluding hydrogens is 318 g/mol. The number of aliphatic hydroxyl groups is 1. The first-order valence-corrected chi connectivity index (χ1v) is 9.16. The zero-order valence-corrected chi connectivity index (χ0v) is 13.7. The number of carbonyl (C=O) groups is 1. The van der Waals surface area contributed by atoms with E-state index >= 15 is 0 Å². The average Bonchev–Trinajstić information content (AvgIpc) is 3.01. The lowest BCUT2D eigenvalue weighted by molar-refractivity contribution is 0.118. The Hall–Kier alpha value is -1.64. The molecule has 3 rings (SSSR count). The highest BCUT2D eigenvalue weighted by Gasteiger charge is 2.42. The molecule has 2 aliphatic rings. The number of nitrogens with one attached hydrogen (secondary N) is 2. The summed E-state index contributed by atoms with van der Waals surface area (Å²) in [6.45, 7) is 3.04. The van der Waals surface area contributed by atoms with E-state index in [1.54, 1.807) is 17.1 Å². The highest BCUT2D eigenvalue weighted by atomic mass is 32.2. The molecule has 1 aliphatic heterocycles. The molecule has 1 heterocycles. The van der Waals surface area contributed by atoms with Crippen LogP contribution in [-0.2, 0) is 10.0 Å². The smallest absolute Gasteiger partial charge is 0.343 e. The third kappa shape index (κ3) is 3.49. The van der Waals surface area contributed by atoms with E-state index in [1.807, 2.05) is 11.6 Å². The molecule has 8 heteroatoms. The summed E-state index contributed by atoms with van der Waals surface area (Å²) < 4.78 is 26.3. The SMILES string of the molecule is Cc1ccc(S(=O)(=O)NC(=O)NN2C[C@@H]3CC[C@@H](O)[C@@H]3C2)cc1. The van der Waals surface area contributed by atoms with Gasteiger partial charge in [-0.2, -0.15) is 0 Å². The van der Waals surface area contributed by atoms with Gasteiger partial charge in [-0.05, 0) is 37.8 Å². The Labute approximate surface area is 135 Å². The van der Waals surface area contributed by atoms with Gasteiger partial charge in [-0.3, -0.25) is 5.43 Å². The van der Waals surface area contributed by atoms with Gasteiger partial charge in [-0.15, -0.1) is 0 Å². The molecule has 2 fully saturated rings. The van der Waals surface area contributed by atoms with Crippen molar-refractivity contribution < 1.29 is 18.3 Å². The van der Waals surface area contributed by atoms with Gasteiger partial charge >= 0.3 is 6.03 Å². The molecule has 1 aliphatic carbocycles. The average molecular weight is 339 g/mol. The van der Waals surface area contributed by atoms with Crippen molar-refractivity contribution in [1.29, 1.82) is 0 Å². The molecule has 1 saturated heterocycles. The van der Waals surface area contributed by atoms with Crippen LogP contribution in [0.3, 0.4) is 0 Å². The van der Waals surface area contributed by atoms with Crippen molar-refractivity contribution in [2.24, 2.45) is 11.8 Å². The summed E-state index contributed by atoms with van der Waals surface area (Å²) in [6.07, 6.45) is 1.41. The van der Waals surface area contributed by atoms with E-state index in [1.165, 1.54) is 12.1 Å². The van der Waals surface area contributed by atoms with Gasteiger partial charge in [0.1, 0.15) is 0 Å².